The summed E-state index contributed by atoms with van der Waals surface area (Å²) in [5.41, 5.74) is 0. The van der Waals surface area contributed by atoms with Crippen LogP contribution in [0, 0.1) is 0 Å². The minimum absolute atomic E-state index is 0. The third-order valence-corrected chi connectivity index (χ3v) is 2.76. The van der Waals surface area contributed by atoms with Gasteiger partial charge in [-0.15, -0.1) is 24.0 Å². The summed E-state index contributed by atoms with van der Waals surface area (Å²) in [6.07, 6.45) is -2.55. The minimum Gasteiger partial charge on any atom is -0.357 e. The van der Waals surface area contributed by atoms with Crippen LogP contribution in [0.15, 0.2) is 4.99 Å². The molecule has 0 aromatic rings. The van der Waals surface area contributed by atoms with Gasteiger partial charge < -0.3 is 10.6 Å². The van der Waals surface area contributed by atoms with Crippen molar-refractivity contribution < 1.29 is 13.2 Å². The first-order valence-electron chi connectivity index (χ1n) is 7.08. The molecule has 0 fully saturated rings. The largest absolute Gasteiger partial charge is 0.401 e. The maximum Gasteiger partial charge on any atom is 0.401 e. The second kappa shape index (κ2) is 12.3. The first-order chi connectivity index (χ1) is 9.28. The Hall–Kier alpha value is -0.250. The Morgan fingerprint density at radius 1 is 1.29 bits per heavy atom. The molecule has 0 aliphatic carbocycles. The van der Waals surface area contributed by atoms with Crippen LogP contribution in [0.25, 0.3) is 0 Å². The van der Waals surface area contributed by atoms with Crippen LogP contribution >= 0.6 is 24.0 Å². The summed E-state index contributed by atoms with van der Waals surface area (Å²) in [5, 5.41) is 6.36. The van der Waals surface area contributed by atoms with Crippen molar-refractivity contribution in [3.63, 3.8) is 0 Å². The zero-order chi connectivity index (χ0) is 15.6. The normalized spacial score (nSPS) is 13.8. The average Bonchev–Trinajstić information content (AvgIpc) is 2.32. The summed E-state index contributed by atoms with van der Waals surface area (Å²) in [5.74, 6) is 0.723. The fourth-order valence-electron chi connectivity index (χ4n) is 1.57. The van der Waals surface area contributed by atoms with Crippen molar-refractivity contribution in [3.05, 3.63) is 0 Å². The highest BCUT2D eigenvalue weighted by Gasteiger charge is 2.28. The quantitative estimate of drug-likeness (QED) is 0.273. The Kier molecular flexibility index (Phi) is 13.5. The third kappa shape index (κ3) is 14.5. The SMILES string of the molecule is CCNC(=NCCCN(C)CC(F)(F)F)NC(C)CC.I. The van der Waals surface area contributed by atoms with Crippen LogP contribution in [0.5, 0.6) is 0 Å². The van der Waals surface area contributed by atoms with E-state index < -0.39 is 12.7 Å². The Bertz CT molecular complexity index is 285. The van der Waals surface area contributed by atoms with E-state index in [-0.39, 0.29) is 24.0 Å². The molecule has 0 saturated carbocycles. The van der Waals surface area contributed by atoms with Gasteiger partial charge in [0.1, 0.15) is 0 Å². The smallest absolute Gasteiger partial charge is 0.357 e. The first-order valence-corrected chi connectivity index (χ1v) is 7.08. The fraction of sp³-hybridized carbons (Fsp3) is 0.923. The van der Waals surface area contributed by atoms with Crippen LogP contribution in [0.1, 0.15) is 33.6 Å². The maximum absolute atomic E-state index is 12.1. The summed E-state index contributed by atoms with van der Waals surface area (Å²) in [4.78, 5) is 5.62. The number of nitrogens with one attached hydrogen (secondary N) is 2. The third-order valence-electron chi connectivity index (χ3n) is 2.76. The number of alkyl halides is 3. The zero-order valence-electron chi connectivity index (χ0n) is 13.3. The number of guanidine groups is 1. The second-order valence-electron chi connectivity index (χ2n) is 4.92. The molecular formula is C13H28F3IN4. The summed E-state index contributed by atoms with van der Waals surface area (Å²) in [6, 6.07) is 0.320. The Balaban J connectivity index is 0. The van der Waals surface area contributed by atoms with Crippen molar-refractivity contribution in [2.75, 3.05) is 33.2 Å². The van der Waals surface area contributed by atoms with Gasteiger partial charge in [0.2, 0.25) is 0 Å². The van der Waals surface area contributed by atoms with Gasteiger partial charge >= 0.3 is 6.18 Å². The van der Waals surface area contributed by atoms with E-state index in [1.165, 1.54) is 11.9 Å². The lowest BCUT2D eigenvalue weighted by molar-refractivity contribution is -0.143. The summed E-state index contributed by atoms with van der Waals surface area (Å²) >= 11 is 0. The summed E-state index contributed by atoms with van der Waals surface area (Å²) in [6.45, 7) is 6.89. The van der Waals surface area contributed by atoms with E-state index >= 15 is 0 Å². The van der Waals surface area contributed by atoms with Crippen LogP contribution in [0.4, 0.5) is 13.2 Å². The van der Waals surface area contributed by atoms with E-state index in [4.69, 9.17) is 0 Å². The van der Waals surface area contributed by atoms with Crippen LogP contribution < -0.4 is 10.6 Å². The number of halogens is 4. The summed E-state index contributed by atoms with van der Waals surface area (Å²) in [7, 11) is 1.47. The molecule has 0 aliphatic heterocycles. The molecule has 0 spiro atoms. The molecule has 0 amide bonds. The molecule has 0 aromatic heterocycles. The minimum atomic E-state index is -4.13. The summed E-state index contributed by atoms with van der Waals surface area (Å²) < 4.78 is 36.4. The topological polar surface area (TPSA) is 39.7 Å². The molecule has 0 aliphatic rings. The molecule has 0 radical (unpaired) electrons. The lowest BCUT2D eigenvalue weighted by Gasteiger charge is -2.18. The number of aliphatic imine (C=N–C) groups is 1. The van der Waals surface area contributed by atoms with Gasteiger partial charge in [0.15, 0.2) is 5.96 Å². The van der Waals surface area contributed by atoms with Crippen LogP contribution in [0.2, 0.25) is 0 Å². The van der Waals surface area contributed by atoms with Gasteiger partial charge in [-0.25, -0.2) is 0 Å². The van der Waals surface area contributed by atoms with Gasteiger partial charge in [0.05, 0.1) is 6.54 Å². The van der Waals surface area contributed by atoms with E-state index in [9.17, 15) is 13.2 Å². The zero-order valence-corrected chi connectivity index (χ0v) is 15.6. The van der Waals surface area contributed by atoms with Crippen molar-refractivity contribution in [1.29, 1.82) is 0 Å². The second-order valence-corrected chi connectivity index (χ2v) is 4.92. The molecule has 21 heavy (non-hydrogen) atoms. The molecular weight excluding hydrogens is 396 g/mol. The van der Waals surface area contributed by atoms with Gasteiger partial charge in [-0.05, 0) is 40.3 Å². The van der Waals surface area contributed by atoms with Gasteiger partial charge in [0, 0.05) is 19.1 Å². The van der Waals surface area contributed by atoms with E-state index in [1.807, 2.05) is 6.92 Å². The van der Waals surface area contributed by atoms with E-state index in [2.05, 4.69) is 29.5 Å². The molecule has 128 valence electrons. The van der Waals surface area contributed by atoms with Crippen molar-refractivity contribution in [1.82, 2.24) is 15.5 Å². The van der Waals surface area contributed by atoms with Crippen LogP contribution in [-0.4, -0.2) is 56.3 Å². The number of hydrogen-bond donors (Lipinski definition) is 2. The highest BCUT2D eigenvalue weighted by atomic mass is 127. The molecule has 0 heterocycles. The molecule has 1 atom stereocenters. The number of hydrogen-bond acceptors (Lipinski definition) is 2. The predicted molar refractivity (Wildman–Crippen MR) is 92.5 cm³/mol. The standard InChI is InChI=1S/C13H27F3N4.HI/c1-5-11(3)19-12(17-6-2)18-8-7-9-20(4)10-13(14,15)16;/h11H,5-10H2,1-4H3,(H2,17,18,19);1H. The molecule has 2 N–H and O–H groups in total. The molecule has 0 rings (SSSR count). The Morgan fingerprint density at radius 3 is 2.38 bits per heavy atom. The van der Waals surface area contributed by atoms with E-state index in [0.717, 1.165) is 18.9 Å². The van der Waals surface area contributed by atoms with Gasteiger partial charge in [0.25, 0.3) is 0 Å². The average molecular weight is 424 g/mol. The van der Waals surface area contributed by atoms with Crippen molar-refractivity contribution in [3.8, 4) is 0 Å². The highest BCUT2D eigenvalue weighted by molar-refractivity contribution is 14.0. The van der Waals surface area contributed by atoms with E-state index in [1.54, 1.807) is 0 Å². The monoisotopic (exact) mass is 424 g/mol. The molecule has 0 aromatic carbocycles. The predicted octanol–water partition coefficient (Wildman–Crippen LogP) is 2.84. The van der Waals surface area contributed by atoms with E-state index in [0.29, 0.717) is 25.6 Å². The molecule has 0 bridgehead atoms. The van der Waals surface area contributed by atoms with Gasteiger partial charge in [-0.2, -0.15) is 13.2 Å². The van der Waals surface area contributed by atoms with Crippen molar-refractivity contribution in [2.45, 2.75) is 45.8 Å². The van der Waals surface area contributed by atoms with Gasteiger partial charge in [-0.3, -0.25) is 9.89 Å². The van der Waals surface area contributed by atoms with Crippen molar-refractivity contribution in [2.24, 2.45) is 4.99 Å². The number of rotatable bonds is 8. The van der Waals surface area contributed by atoms with Gasteiger partial charge in [-0.1, -0.05) is 6.92 Å². The molecule has 0 saturated heterocycles. The highest BCUT2D eigenvalue weighted by Crippen LogP contribution is 2.15. The molecule has 8 heteroatoms. The lowest BCUT2D eigenvalue weighted by Crippen LogP contribution is -2.42. The Labute approximate surface area is 143 Å². The van der Waals surface area contributed by atoms with Crippen molar-refractivity contribution >= 4 is 29.9 Å². The van der Waals surface area contributed by atoms with Crippen LogP contribution in [-0.2, 0) is 0 Å². The lowest BCUT2D eigenvalue weighted by atomic mass is 10.3. The molecule has 1 unspecified atom stereocenters. The molecule has 4 nitrogen and oxygen atoms in total. The fourth-order valence-corrected chi connectivity index (χ4v) is 1.57. The first kappa shape index (κ1) is 23.0. The maximum atomic E-state index is 12.1. The Morgan fingerprint density at radius 2 is 1.90 bits per heavy atom. The number of nitrogens with zero attached hydrogens (tertiary/aromatic N) is 2. The van der Waals surface area contributed by atoms with Crippen LogP contribution in [0.3, 0.4) is 0 Å².